The number of hydroxylamine groups is 1. The van der Waals surface area contributed by atoms with E-state index in [0.717, 1.165) is 5.56 Å². The minimum atomic E-state index is -2.85. The first kappa shape index (κ1) is 18.1. The number of carbonyl (C=O) groups is 1. The van der Waals surface area contributed by atoms with Crippen LogP contribution in [-0.2, 0) is 14.5 Å². The fourth-order valence-electron chi connectivity index (χ4n) is 1.94. The summed E-state index contributed by atoms with van der Waals surface area (Å²) in [5.74, 6) is 0.0953. The van der Waals surface area contributed by atoms with Crippen molar-refractivity contribution in [2.45, 2.75) is 4.90 Å². The molecule has 3 N–H and O–H groups in total. The summed E-state index contributed by atoms with van der Waals surface area (Å²) in [6.45, 7) is 0. The molecule has 24 heavy (non-hydrogen) atoms. The highest BCUT2D eigenvalue weighted by atomic mass is 32.8. The molecule has 0 aliphatic rings. The maximum Gasteiger partial charge on any atom is 0.267 e. The first-order valence-electron chi connectivity index (χ1n) is 6.98. The monoisotopic (exact) mass is 366 g/mol. The van der Waals surface area contributed by atoms with E-state index in [2.05, 4.69) is 13.2 Å². The van der Waals surface area contributed by atoms with Crippen LogP contribution in [0.5, 0.6) is 5.75 Å². The molecule has 6 nitrogen and oxygen atoms in total. The molecule has 1 unspecified atom stereocenters. The third kappa shape index (κ3) is 4.89. The van der Waals surface area contributed by atoms with Crippen LogP contribution < -0.4 is 14.9 Å². The molecule has 0 aliphatic heterocycles. The van der Waals surface area contributed by atoms with E-state index in [1.165, 1.54) is 11.6 Å². The lowest BCUT2D eigenvalue weighted by Gasteiger charge is -2.22. The van der Waals surface area contributed by atoms with E-state index in [-0.39, 0.29) is 0 Å². The molecule has 0 fully saturated rings. The number of hydrogen-bond acceptors (Lipinski definition) is 4. The average molecular weight is 366 g/mol. The highest BCUT2D eigenvalue weighted by molar-refractivity contribution is 8.46. The van der Waals surface area contributed by atoms with Crippen LogP contribution >= 0.6 is 8.44 Å². The zero-order valence-corrected chi connectivity index (χ0v) is 15.0. The number of carbonyl (C=O) groups excluding carboxylic acids is 1. The number of nitrogens with one attached hydrogen (secondary N) is 2. The molecule has 0 aliphatic carbocycles. The molecule has 128 valence electrons. The van der Waals surface area contributed by atoms with E-state index in [9.17, 15) is 9.00 Å². The molecule has 0 spiro atoms. The van der Waals surface area contributed by atoms with Gasteiger partial charge < -0.3 is 9.46 Å². The van der Waals surface area contributed by atoms with Crippen molar-refractivity contribution >= 4 is 35.9 Å². The average Bonchev–Trinajstić information content (AvgIpc) is 2.60. The van der Waals surface area contributed by atoms with Gasteiger partial charge in [-0.3, -0.25) is 14.2 Å². The Hall–Kier alpha value is -2.21. The lowest BCUT2D eigenvalue weighted by Crippen LogP contribution is -2.15. The second-order valence-electron chi connectivity index (χ2n) is 4.90. The molecule has 2 aromatic carbocycles. The van der Waals surface area contributed by atoms with Gasteiger partial charge in [-0.25, -0.2) is 5.48 Å². The summed E-state index contributed by atoms with van der Waals surface area (Å²) in [5, 5.41) is 8.42. The second kappa shape index (κ2) is 8.06. The SMILES string of the molecule is COc1ccc([SH](=O)(P)Nc2ccc(/C=C/C(=O)NO)cc2)cc1. The standard InChI is InChI=1S/C16H19N2O4PS/c1-22-14-7-9-15(10-8-14)24(21,23)18-13-5-2-12(3-6-13)4-11-16(19)17-20/h2-11,20,24H,23H2,1H3,(H,17,19)(H,18,21)/b11-4+. The van der Waals surface area contributed by atoms with E-state index < -0.39 is 15.6 Å². The summed E-state index contributed by atoms with van der Waals surface area (Å²) < 4.78 is 20.9. The third-order valence-electron chi connectivity index (χ3n) is 3.20. The topological polar surface area (TPSA) is 87.7 Å². The quantitative estimate of drug-likeness (QED) is 0.208. The molecule has 8 heteroatoms. The van der Waals surface area contributed by atoms with Crippen molar-refractivity contribution in [2.75, 3.05) is 11.8 Å². The molecular weight excluding hydrogens is 347 g/mol. The number of amides is 1. The normalized spacial score (nSPS) is 12.0. The Balaban J connectivity index is 2.10. The van der Waals surface area contributed by atoms with Gasteiger partial charge in [-0.15, -0.1) is 0 Å². The van der Waals surface area contributed by atoms with E-state index >= 15 is 0 Å². The molecule has 0 radical (unpaired) electrons. The maximum atomic E-state index is 12.8. The number of methoxy groups -OCH3 is 1. The van der Waals surface area contributed by atoms with Gasteiger partial charge in [-0.1, -0.05) is 12.1 Å². The van der Waals surface area contributed by atoms with Crippen LogP contribution in [-0.4, -0.2) is 22.4 Å². The van der Waals surface area contributed by atoms with E-state index in [1.54, 1.807) is 61.7 Å². The predicted octanol–water partition coefficient (Wildman–Crippen LogP) is 2.41. The number of hydrogen-bond donors (Lipinski definition) is 4. The minimum Gasteiger partial charge on any atom is -0.497 e. The van der Waals surface area contributed by atoms with Crippen molar-refractivity contribution < 1.29 is 18.9 Å². The number of thiol groups is 1. The summed E-state index contributed by atoms with van der Waals surface area (Å²) in [6, 6.07) is 14.1. The molecule has 2 aromatic rings. The van der Waals surface area contributed by atoms with Crippen LogP contribution in [0.2, 0.25) is 0 Å². The van der Waals surface area contributed by atoms with E-state index in [4.69, 9.17) is 9.94 Å². The van der Waals surface area contributed by atoms with E-state index in [0.29, 0.717) is 16.3 Å². The van der Waals surface area contributed by atoms with Crippen molar-refractivity contribution in [3.63, 3.8) is 0 Å². The molecule has 0 heterocycles. The molecule has 2 rings (SSSR count). The molecule has 1 atom stereocenters. The fourth-order valence-corrected chi connectivity index (χ4v) is 4.16. The van der Waals surface area contributed by atoms with Crippen molar-refractivity contribution in [3.8, 4) is 5.75 Å². The number of rotatable bonds is 6. The van der Waals surface area contributed by atoms with Crippen LogP contribution in [0.25, 0.3) is 6.08 Å². The second-order valence-corrected chi connectivity index (χ2v) is 9.14. The van der Waals surface area contributed by atoms with Crippen molar-refractivity contribution in [3.05, 3.63) is 60.2 Å². The smallest absolute Gasteiger partial charge is 0.267 e. The maximum absolute atomic E-state index is 12.8. The van der Waals surface area contributed by atoms with Gasteiger partial charge >= 0.3 is 0 Å². The van der Waals surface area contributed by atoms with Crippen LogP contribution in [0.4, 0.5) is 5.69 Å². The van der Waals surface area contributed by atoms with Crippen molar-refractivity contribution in [1.29, 1.82) is 0 Å². The molecular formula is C16H19N2O4PS. The first-order chi connectivity index (χ1) is 11.4. The highest BCUT2D eigenvalue weighted by Crippen LogP contribution is 2.29. The molecule has 0 saturated heterocycles. The zero-order valence-electron chi connectivity index (χ0n) is 13.0. The third-order valence-corrected chi connectivity index (χ3v) is 6.14. The lowest BCUT2D eigenvalue weighted by molar-refractivity contribution is -0.124. The summed E-state index contributed by atoms with van der Waals surface area (Å²) in [5.41, 5.74) is 2.98. The van der Waals surface area contributed by atoms with Gasteiger partial charge in [0, 0.05) is 16.7 Å². The van der Waals surface area contributed by atoms with Crippen LogP contribution in [0.1, 0.15) is 5.56 Å². The number of anilines is 1. The molecule has 0 bridgehead atoms. The molecule has 0 saturated carbocycles. The summed E-state index contributed by atoms with van der Waals surface area (Å²) in [4.78, 5) is 11.6. The van der Waals surface area contributed by atoms with Gasteiger partial charge in [0.1, 0.15) is 5.75 Å². The van der Waals surface area contributed by atoms with Gasteiger partial charge in [0.25, 0.3) is 5.91 Å². The van der Waals surface area contributed by atoms with E-state index in [1.807, 2.05) is 0 Å². The summed E-state index contributed by atoms with van der Waals surface area (Å²) >= 11 is 0. The Labute approximate surface area is 143 Å². The Bertz CT molecular complexity index is 776. The molecule has 1 amide bonds. The number of benzene rings is 2. The van der Waals surface area contributed by atoms with Crippen LogP contribution in [0.15, 0.2) is 59.5 Å². The number of ether oxygens (including phenoxy) is 1. The zero-order chi connectivity index (χ0) is 17.6. The summed E-state index contributed by atoms with van der Waals surface area (Å²) in [7, 11) is 1.10. The van der Waals surface area contributed by atoms with Gasteiger partial charge in [0.05, 0.1) is 7.11 Å². The summed E-state index contributed by atoms with van der Waals surface area (Å²) in [6.07, 6.45) is 2.76. The Morgan fingerprint density at radius 3 is 2.33 bits per heavy atom. The Morgan fingerprint density at radius 1 is 1.17 bits per heavy atom. The van der Waals surface area contributed by atoms with Gasteiger partial charge in [0.2, 0.25) is 0 Å². The highest BCUT2D eigenvalue weighted by Gasteiger charge is 2.11. The fraction of sp³-hybridized carbons (Fsp3) is 0.0625. The minimum absolute atomic E-state index is 0.605. The first-order valence-corrected chi connectivity index (χ1v) is 10.3. The lowest BCUT2D eigenvalue weighted by atomic mass is 10.2. The van der Waals surface area contributed by atoms with Gasteiger partial charge in [0.15, 0.2) is 0 Å². The van der Waals surface area contributed by atoms with Crippen LogP contribution in [0, 0.1) is 0 Å². The van der Waals surface area contributed by atoms with Gasteiger partial charge in [-0.05, 0) is 66.2 Å². The predicted molar refractivity (Wildman–Crippen MR) is 99.5 cm³/mol. The molecule has 0 aromatic heterocycles. The Kier molecular flexibility index (Phi) is 6.09. The Morgan fingerprint density at radius 2 is 1.79 bits per heavy atom. The van der Waals surface area contributed by atoms with Crippen LogP contribution in [0.3, 0.4) is 0 Å². The van der Waals surface area contributed by atoms with Gasteiger partial charge in [-0.2, -0.15) is 0 Å². The largest absolute Gasteiger partial charge is 0.497 e. The van der Waals surface area contributed by atoms with Crippen molar-refractivity contribution in [1.82, 2.24) is 5.48 Å². The van der Waals surface area contributed by atoms with Crippen molar-refractivity contribution in [2.24, 2.45) is 0 Å².